The normalized spacial score (nSPS) is 20.9. The number of nitrogens with zero attached hydrogens (tertiary/aromatic N) is 2. The first-order chi connectivity index (χ1) is 8.97. The average molecular weight is 294 g/mol. The Hall–Kier alpha value is -1.06. The third kappa shape index (κ3) is 3.95. The molecule has 1 unspecified atom stereocenters. The molecule has 1 aromatic heterocycles. The van der Waals surface area contributed by atoms with E-state index in [0.29, 0.717) is 6.54 Å². The molecule has 19 heavy (non-hydrogen) atoms. The smallest absolute Gasteiger partial charge is 0.257 e. The molecule has 1 aliphatic rings. The van der Waals surface area contributed by atoms with E-state index in [4.69, 9.17) is 0 Å². The number of sulfonamides is 1. The molecule has 0 saturated carbocycles. The highest BCUT2D eigenvalue weighted by Gasteiger charge is 2.23. The molecule has 1 aliphatic heterocycles. The van der Waals surface area contributed by atoms with E-state index >= 15 is 0 Å². The number of nitrogens with one attached hydrogen (secondary N) is 2. The van der Waals surface area contributed by atoms with Gasteiger partial charge in [-0.2, -0.15) is 5.10 Å². The van der Waals surface area contributed by atoms with Gasteiger partial charge in [0.25, 0.3) is 6.43 Å². The van der Waals surface area contributed by atoms with Crippen LogP contribution < -0.4 is 10.0 Å². The van der Waals surface area contributed by atoms with Crippen molar-refractivity contribution in [2.75, 3.05) is 13.1 Å². The zero-order valence-electron chi connectivity index (χ0n) is 10.2. The Balaban J connectivity index is 2.04. The summed E-state index contributed by atoms with van der Waals surface area (Å²) in [5, 5.41) is 6.71. The summed E-state index contributed by atoms with van der Waals surface area (Å²) in [6.07, 6.45) is 1.30. The second-order valence-electron chi connectivity index (χ2n) is 4.45. The highest BCUT2D eigenvalue weighted by atomic mass is 32.2. The van der Waals surface area contributed by atoms with Crippen molar-refractivity contribution in [3.8, 4) is 0 Å². The van der Waals surface area contributed by atoms with E-state index in [1.807, 2.05) is 0 Å². The second kappa shape index (κ2) is 5.93. The van der Waals surface area contributed by atoms with Gasteiger partial charge in [0, 0.05) is 18.8 Å². The first-order valence-corrected chi connectivity index (χ1v) is 7.49. The Kier molecular flexibility index (Phi) is 4.48. The van der Waals surface area contributed by atoms with Crippen molar-refractivity contribution in [2.24, 2.45) is 0 Å². The Labute approximate surface area is 110 Å². The molecule has 0 aliphatic carbocycles. The van der Waals surface area contributed by atoms with Gasteiger partial charge in [0.15, 0.2) is 0 Å². The molecule has 0 bridgehead atoms. The van der Waals surface area contributed by atoms with E-state index in [0.717, 1.165) is 36.5 Å². The molecule has 9 heteroatoms. The fourth-order valence-corrected chi connectivity index (χ4v) is 3.19. The molecule has 0 aromatic carbocycles. The zero-order valence-corrected chi connectivity index (χ0v) is 11.0. The lowest BCUT2D eigenvalue weighted by molar-refractivity contribution is 0.121. The third-order valence-electron chi connectivity index (χ3n) is 2.86. The third-order valence-corrected chi connectivity index (χ3v) is 4.34. The molecule has 1 saturated heterocycles. The van der Waals surface area contributed by atoms with Crippen LogP contribution in [0.4, 0.5) is 8.78 Å². The number of hydrogen-bond acceptors (Lipinski definition) is 4. The predicted octanol–water partition coefficient (Wildman–Crippen LogP) is 0.178. The largest absolute Gasteiger partial charge is 0.315 e. The van der Waals surface area contributed by atoms with Crippen molar-refractivity contribution in [1.82, 2.24) is 19.8 Å². The first kappa shape index (κ1) is 14.4. The lowest BCUT2D eigenvalue weighted by atomic mass is 10.1. The Morgan fingerprint density at radius 1 is 1.58 bits per heavy atom. The molecule has 0 radical (unpaired) electrons. The van der Waals surface area contributed by atoms with Gasteiger partial charge < -0.3 is 5.32 Å². The first-order valence-electron chi connectivity index (χ1n) is 6.01. The predicted molar refractivity (Wildman–Crippen MR) is 64.4 cm³/mol. The molecule has 1 atom stereocenters. The molecular formula is C10H16F2N4O2S. The van der Waals surface area contributed by atoms with Gasteiger partial charge in [0.1, 0.15) is 11.4 Å². The molecule has 1 aromatic rings. The molecule has 2 rings (SSSR count). The van der Waals surface area contributed by atoms with Crippen LogP contribution in [0.1, 0.15) is 12.8 Å². The summed E-state index contributed by atoms with van der Waals surface area (Å²) in [6, 6.07) is -0.169. The Morgan fingerprint density at radius 3 is 3.00 bits per heavy atom. The van der Waals surface area contributed by atoms with Crippen LogP contribution in [0, 0.1) is 0 Å². The zero-order chi connectivity index (χ0) is 13.9. The van der Waals surface area contributed by atoms with Crippen LogP contribution in [0.25, 0.3) is 0 Å². The standard InChI is InChI=1S/C10H16F2N4O2S/c11-10(12)7-16-6-9(5-14-16)19(17,18)15-8-2-1-3-13-4-8/h5-6,8,10,13,15H,1-4,7H2. The van der Waals surface area contributed by atoms with Crippen molar-refractivity contribution in [3.63, 3.8) is 0 Å². The van der Waals surface area contributed by atoms with Crippen LogP contribution in [-0.4, -0.2) is 43.8 Å². The molecule has 2 N–H and O–H groups in total. The topological polar surface area (TPSA) is 76.0 Å². The van der Waals surface area contributed by atoms with Gasteiger partial charge in [-0.05, 0) is 19.4 Å². The minimum Gasteiger partial charge on any atom is -0.315 e. The van der Waals surface area contributed by atoms with Crippen LogP contribution in [0.2, 0.25) is 0 Å². The van der Waals surface area contributed by atoms with Crippen molar-refractivity contribution in [3.05, 3.63) is 12.4 Å². The number of hydrogen-bond donors (Lipinski definition) is 2. The van der Waals surface area contributed by atoms with Crippen LogP contribution in [-0.2, 0) is 16.6 Å². The van der Waals surface area contributed by atoms with Gasteiger partial charge in [-0.3, -0.25) is 4.68 Å². The number of rotatable bonds is 5. The lowest BCUT2D eigenvalue weighted by Crippen LogP contribution is -2.45. The van der Waals surface area contributed by atoms with Crippen LogP contribution in [0.3, 0.4) is 0 Å². The average Bonchev–Trinajstić information content (AvgIpc) is 2.78. The van der Waals surface area contributed by atoms with Gasteiger partial charge in [-0.15, -0.1) is 0 Å². The molecule has 6 nitrogen and oxygen atoms in total. The molecule has 2 heterocycles. The number of piperidine rings is 1. The van der Waals surface area contributed by atoms with Crippen molar-refractivity contribution in [2.45, 2.75) is 36.7 Å². The summed E-state index contributed by atoms with van der Waals surface area (Å²) >= 11 is 0. The molecule has 0 spiro atoms. The van der Waals surface area contributed by atoms with E-state index < -0.39 is 23.0 Å². The van der Waals surface area contributed by atoms with E-state index in [-0.39, 0.29) is 10.9 Å². The maximum atomic E-state index is 12.2. The number of halogens is 2. The summed E-state index contributed by atoms with van der Waals surface area (Å²) in [5.74, 6) is 0. The molecule has 108 valence electrons. The van der Waals surface area contributed by atoms with Gasteiger partial charge in [0.2, 0.25) is 10.0 Å². The van der Waals surface area contributed by atoms with E-state index in [9.17, 15) is 17.2 Å². The number of alkyl halides is 2. The Bertz CT molecular complexity index is 511. The summed E-state index contributed by atoms with van der Waals surface area (Å²) < 4.78 is 51.8. The minimum absolute atomic E-state index is 0.0845. The van der Waals surface area contributed by atoms with Gasteiger partial charge >= 0.3 is 0 Å². The molecular weight excluding hydrogens is 278 g/mol. The summed E-state index contributed by atoms with van der Waals surface area (Å²) in [4.78, 5) is -0.0845. The van der Waals surface area contributed by atoms with Crippen LogP contribution in [0.15, 0.2) is 17.3 Å². The maximum absolute atomic E-state index is 12.2. The van der Waals surface area contributed by atoms with Gasteiger partial charge in [0.05, 0.1) is 6.20 Å². The SMILES string of the molecule is O=S(=O)(NC1CCCNC1)c1cnn(CC(F)F)c1. The lowest BCUT2D eigenvalue weighted by Gasteiger charge is -2.23. The van der Waals surface area contributed by atoms with Crippen LogP contribution >= 0.6 is 0 Å². The summed E-state index contributed by atoms with van der Waals surface area (Å²) in [6.45, 7) is 0.843. The second-order valence-corrected chi connectivity index (χ2v) is 6.17. The van der Waals surface area contributed by atoms with Gasteiger partial charge in [-0.1, -0.05) is 0 Å². The van der Waals surface area contributed by atoms with E-state index in [1.54, 1.807) is 0 Å². The summed E-state index contributed by atoms with van der Waals surface area (Å²) in [5.41, 5.74) is 0. The maximum Gasteiger partial charge on any atom is 0.257 e. The van der Waals surface area contributed by atoms with Crippen molar-refractivity contribution < 1.29 is 17.2 Å². The van der Waals surface area contributed by atoms with Crippen molar-refractivity contribution >= 4 is 10.0 Å². The summed E-state index contributed by atoms with van der Waals surface area (Å²) in [7, 11) is -3.69. The van der Waals surface area contributed by atoms with Gasteiger partial charge in [-0.25, -0.2) is 21.9 Å². The fourth-order valence-electron chi connectivity index (χ4n) is 1.96. The van der Waals surface area contributed by atoms with E-state index in [2.05, 4.69) is 15.1 Å². The Morgan fingerprint density at radius 2 is 2.37 bits per heavy atom. The van der Waals surface area contributed by atoms with E-state index in [1.165, 1.54) is 0 Å². The highest BCUT2D eigenvalue weighted by molar-refractivity contribution is 7.89. The number of aromatic nitrogens is 2. The highest BCUT2D eigenvalue weighted by Crippen LogP contribution is 2.11. The van der Waals surface area contributed by atoms with Crippen molar-refractivity contribution in [1.29, 1.82) is 0 Å². The molecule has 0 amide bonds. The quantitative estimate of drug-likeness (QED) is 0.812. The monoisotopic (exact) mass is 294 g/mol. The van der Waals surface area contributed by atoms with Crippen LogP contribution in [0.5, 0.6) is 0 Å². The fraction of sp³-hybridized carbons (Fsp3) is 0.700. The molecule has 1 fully saturated rings. The minimum atomic E-state index is -3.69.